The molecule has 3 fully saturated rings. The highest BCUT2D eigenvalue weighted by Gasteiger charge is 2.44. The van der Waals surface area contributed by atoms with Crippen molar-refractivity contribution >= 4 is 0 Å². The van der Waals surface area contributed by atoms with E-state index in [2.05, 4.69) is 12.2 Å². The van der Waals surface area contributed by atoms with Crippen molar-refractivity contribution in [2.75, 3.05) is 0 Å². The van der Waals surface area contributed by atoms with Gasteiger partial charge in [-0.3, -0.25) is 0 Å². The third-order valence-corrected chi connectivity index (χ3v) is 4.75. The highest BCUT2D eigenvalue weighted by molar-refractivity contribution is 5.00. The quantitative estimate of drug-likeness (QED) is 0.724. The summed E-state index contributed by atoms with van der Waals surface area (Å²) < 4.78 is 0. The van der Waals surface area contributed by atoms with Crippen LogP contribution in [0, 0.1) is 17.8 Å². The van der Waals surface area contributed by atoms with Crippen molar-refractivity contribution in [2.24, 2.45) is 17.8 Å². The lowest BCUT2D eigenvalue weighted by molar-refractivity contribution is 0.343. The van der Waals surface area contributed by atoms with Gasteiger partial charge in [0, 0.05) is 12.1 Å². The lowest BCUT2D eigenvalue weighted by Crippen LogP contribution is -2.36. The first-order chi connectivity index (χ1) is 6.86. The van der Waals surface area contributed by atoms with Gasteiger partial charge < -0.3 is 5.32 Å². The topological polar surface area (TPSA) is 12.0 Å². The van der Waals surface area contributed by atoms with Crippen LogP contribution >= 0.6 is 0 Å². The van der Waals surface area contributed by atoms with Crippen LogP contribution in [0.5, 0.6) is 0 Å². The standard InChI is InChI=1S/C13H23N/c1-2-3-10-8-13(10)14-12-7-9-4-5-11(12)6-9/h9-14H,2-8H2,1H3. The average Bonchev–Trinajstić information content (AvgIpc) is 2.64. The maximum absolute atomic E-state index is 3.92. The Morgan fingerprint density at radius 3 is 2.64 bits per heavy atom. The summed E-state index contributed by atoms with van der Waals surface area (Å²) in [6.45, 7) is 2.31. The second-order valence-corrected chi connectivity index (χ2v) is 5.84. The zero-order valence-electron chi connectivity index (χ0n) is 9.34. The van der Waals surface area contributed by atoms with Crippen molar-refractivity contribution < 1.29 is 0 Å². The summed E-state index contributed by atoms with van der Waals surface area (Å²) >= 11 is 0. The first-order valence-corrected chi connectivity index (χ1v) is 6.63. The lowest BCUT2D eigenvalue weighted by atomic mass is 9.95. The molecule has 0 aliphatic heterocycles. The summed E-state index contributed by atoms with van der Waals surface area (Å²) in [5, 5.41) is 3.92. The maximum Gasteiger partial charge on any atom is 0.0102 e. The first kappa shape index (κ1) is 9.21. The molecule has 14 heavy (non-hydrogen) atoms. The molecular formula is C13H23N. The summed E-state index contributed by atoms with van der Waals surface area (Å²) in [5.41, 5.74) is 0. The molecule has 2 bridgehead atoms. The molecule has 0 aromatic heterocycles. The van der Waals surface area contributed by atoms with E-state index in [1.807, 2.05) is 0 Å². The molecule has 0 spiro atoms. The van der Waals surface area contributed by atoms with Gasteiger partial charge >= 0.3 is 0 Å². The van der Waals surface area contributed by atoms with Crippen LogP contribution in [0.4, 0.5) is 0 Å². The van der Waals surface area contributed by atoms with Gasteiger partial charge in [0.15, 0.2) is 0 Å². The third kappa shape index (κ3) is 1.60. The van der Waals surface area contributed by atoms with Crippen molar-refractivity contribution in [2.45, 2.75) is 64.0 Å². The fourth-order valence-corrected chi connectivity index (χ4v) is 3.87. The molecule has 0 aromatic rings. The highest BCUT2D eigenvalue weighted by Crippen LogP contribution is 2.46. The molecule has 1 heteroatoms. The van der Waals surface area contributed by atoms with Crippen molar-refractivity contribution in [3.05, 3.63) is 0 Å². The maximum atomic E-state index is 3.92. The molecule has 0 saturated heterocycles. The zero-order valence-corrected chi connectivity index (χ0v) is 9.34. The van der Waals surface area contributed by atoms with Crippen molar-refractivity contribution in [1.29, 1.82) is 0 Å². The Labute approximate surface area is 87.7 Å². The van der Waals surface area contributed by atoms with Gasteiger partial charge in [-0.05, 0) is 49.9 Å². The van der Waals surface area contributed by atoms with Gasteiger partial charge in [0.25, 0.3) is 0 Å². The van der Waals surface area contributed by atoms with Gasteiger partial charge in [-0.25, -0.2) is 0 Å². The minimum Gasteiger partial charge on any atom is -0.311 e. The fraction of sp³-hybridized carbons (Fsp3) is 1.00. The number of nitrogens with one attached hydrogen (secondary N) is 1. The summed E-state index contributed by atoms with van der Waals surface area (Å²) in [6, 6.07) is 1.83. The van der Waals surface area contributed by atoms with Crippen molar-refractivity contribution in [3.8, 4) is 0 Å². The Morgan fingerprint density at radius 2 is 2.00 bits per heavy atom. The predicted molar refractivity (Wildman–Crippen MR) is 59.2 cm³/mol. The monoisotopic (exact) mass is 193 g/mol. The van der Waals surface area contributed by atoms with E-state index in [1.165, 1.54) is 38.5 Å². The van der Waals surface area contributed by atoms with Crippen LogP contribution in [0.1, 0.15) is 51.9 Å². The molecule has 1 nitrogen and oxygen atoms in total. The molecule has 1 N–H and O–H groups in total. The van der Waals surface area contributed by atoms with Crippen LogP contribution in [-0.2, 0) is 0 Å². The van der Waals surface area contributed by atoms with Gasteiger partial charge in [0.1, 0.15) is 0 Å². The van der Waals surface area contributed by atoms with E-state index in [9.17, 15) is 0 Å². The van der Waals surface area contributed by atoms with Crippen molar-refractivity contribution in [3.63, 3.8) is 0 Å². The first-order valence-electron chi connectivity index (χ1n) is 6.63. The molecule has 3 saturated carbocycles. The van der Waals surface area contributed by atoms with Crippen molar-refractivity contribution in [1.82, 2.24) is 5.32 Å². The number of hydrogen-bond donors (Lipinski definition) is 1. The van der Waals surface area contributed by atoms with Crippen LogP contribution in [0.25, 0.3) is 0 Å². The molecule has 3 aliphatic rings. The minimum atomic E-state index is 0.916. The van der Waals surface area contributed by atoms with E-state index < -0.39 is 0 Å². The van der Waals surface area contributed by atoms with Crippen LogP contribution < -0.4 is 5.32 Å². The Bertz CT molecular complexity index is 213. The molecule has 80 valence electrons. The van der Waals surface area contributed by atoms with E-state index in [4.69, 9.17) is 0 Å². The largest absolute Gasteiger partial charge is 0.311 e. The lowest BCUT2D eigenvalue weighted by Gasteiger charge is -2.23. The predicted octanol–water partition coefficient (Wildman–Crippen LogP) is 2.95. The number of rotatable bonds is 4. The molecule has 0 amide bonds. The van der Waals surface area contributed by atoms with E-state index in [0.29, 0.717) is 0 Å². The van der Waals surface area contributed by atoms with Crippen LogP contribution in [0.2, 0.25) is 0 Å². The van der Waals surface area contributed by atoms with Gasteiger partial charge in [-0.1, -0.05) is 19.8 Å². The van der Waals surface area contributed by atoms with Gasteiger partial charge in [0.2, 0.25) is 0 Å². The van der Waals surface area contributed by atoms with Crippen LogP contribution in [0.3, 0.4) is 0 Å². The normalized spacial score (nSPS) is 49.9. The van der Waals surface area contributed by atoms with E-state index in [1.54, 1.807) is 6.42 Å². The van der Waals surface area contributed by atoms with Gasteiger partial charge in [0.05, 0.1) is 0 Å². The van der Waals surface area contributed by atoms with Crippen LogP contribution in [0.15, 0.2) is 0 Å². The molecule has 0 aromatic carbocycles. The summed E-state index contributed by atoms with van der Waals surface area (Å²) in [7, 11) is 0. The third-order valence-electron chi connectivity index (χ3n) is 4.75. The minimum absolute atomic E-state index is 0.916. The highest BCUT2D eigenvalue weighted by atomic mass is 15.0. The average molecular weight is 193 g/mol. The van der Waals surface area contributed by atoms with Gasteiger partial charge in [-0.2, -0.15) is 0 Å². The Hall–Kier alpha value is -0.0400. The molecule has 3 rings (SSSR count). The summed E-state index contributed by atoms with van der Waals surface area (Å²) in [5.74, 6) is 3.20. The summed E-state index contributed by atoms with van der Waals surface area (Å²) in [4.78, 5) is 0. The van der Waals surface area contributed by atoms with E-state index >= 15 is 0 Å². The Balaban J connectivity index is 1.46. The fourth-order valence-electron chi connectivity index (χ4n) is 3.87. The second-order valence-electron chi connectivity index (χ2n) is 5.84. The van der Waals surface area contributed by atoms with E-state index in [-0.39, 0.29) is 0 Å². The number of fused-ring (bicyclic) bond motifs is 2. The molecule has 5 unspecified atom stereocenters. The second kappa shape index (κ2) is 3.52. The SMILES string of the molecule is CCCC1CC1NC1CC2CCC1C2. The number of hydrogen-bond acceptors (Lipinski definition) is 1. The molecule has 0 radical (unpaired) electrons. The Morgan fingerprint density at radius 1 is 1.07 bits per heavy atom. The van der Waals surface area contributed by atoms with Crippen LogP contribution in [-0.4, -0.2) is 12.1 Å². The smallest absolute Gasteiger partial charge is 0.0102 e. The summed E-state index contributed by atoms with van der Waals surface area (Å²) in [6.07, 6.45) is 10.4. The molecule has 3 aliphatic carbocycles. The van der Waals surface area contributed by atoms with E-state index in [0.717, 1.165) is 29.8 Å². The zero-order chi connectivity index (χ0) is 9.54. The molecule has 5 atom stereocenters. The van der Waals surface area contributed by atoms with Gasteiger partial charge in [-0.15, -0.1) is 0 Å². The molecular weight excluding hydrogens is 170 g/mol. The Kier molecular flexibility index (Phi) is 2.31. The molecule has 0 heterocycles.